The number of rotatable bonds is 5. The van der Waals surface area contributed by atoms with Crippen LogP contribution < -0.4 is 5.43 Å². The highest BCUT2D eigenvalue weighted by molar-refractivity contribution is 6.51. The summed E-state index contributed by atoms with van der Waals surface area (Å²) in [4.78, 5) is 28.9. The summed E-state index contributed by atoms with van der Waals surface area (Å²) in [6, 6.07) is 21.1. The fourth-order valence-corrected chi connectivity index (χ4v) is 2.24. The largest absolute Gasteiger partial charge is 0.287 e. The van der Waals surface area contributed by atoms with E-state index in [-0.39, 0.29) is 11.5 Å². The molecule has 5 nitrogen and oxygen atoms in total. The maximum absolute atomic E-state index is 12.8. The lowest BCUT2D eigenvalue weighted by molar-refractivity contribution is 0.0954. The Morgan fingerprint density at radius 3 is 1.96 bits per heavy atom. The van der Waals surface area contributed by atoms with Crippen LogP contribution in [0.5, 0.6) is 0 Å². The number of hydrazone groups is 1. The predicted molar refractivity (Wildman–Crippen MR) is 95.5 cm³/mol. The Balaban J connectivity index is 1.92. The highest BCUT2D eigenvalue weighted by atomic mass is 16.2. The number of carbonyl (C=O) groups excluding carboxylic acids is 2. The van der Waals surface area contributed by atoms with E-state index in [9.17, 15) is 9.59 Å². The zero-order valence-electron chi connectivity index (χ0n) is 13.3. The van der Waals surface area contributed by atoms with E-state index < -0.39 is 5.91 Å². The van der Waals surface area contributed by atoms with Crippen molar-refractivity contribution in [3.63, 3.8) is 0 Å². The summed E-state index contributed by atoms with van der Waals surface area (Å²) >= 11 is 0. The number of benzene rings is 2. The normalized spacial score (nSPS) is 11.0. The molecule has 122 valence electrons. The summed E-state index contributed by atoms with van der Waals surface area (Å²) in [5.74, 6) is -0.694. The van der Waals surface area contributed by atoms with Gasteiger partial charge in [-0.1, -0.05) is 60.7 Å². The number of carbonyl (C=O) groups is 2. The summed E-state index contributed by atoms with van der Waals surface area (Å²) in [7, 11) is 0. The molecular weight excluding hydrogens is 314 g/mol. The minimum atomic E-state index is -0.428. The number of hydrogen-bond donors (Lipinski definition) is 1. The average molecular weight is 329 g/mol. The van der Waals surface area contributed by atoms with Gasteiger partial charge in [0.2, 0.25) is 5.78 Å². The molecule has 0 spiro atoms. The highest BCUT2D eigenvalue weighted by Crippen LogP contribution is 2.09. The second kappa shape index (κ2) is 7.79. The molecule has 1 aromatic heterocycles. The summed E-state index contributed by atoms with van der Waals surface area (Å²) in [5.41, 5.74) is 4.10. The number of nitrogens with one attached hydrogen (secondary N) is 1. The van der Waals surface area contributed by atoms with Crippen LogP contribution in [0.4, 0.5) is 0 Å². The van der Waals surface area contributed by atoms with Crippen LogP contribution >= 0.6 is 0 Å². The Bertz CT molecular complexity index is 892. The Morgan fingerprint density at radius 2 is 1.36 bits per heavy atom. The van der Waals surface area contributed by atoms with Gasteiger partial charge in [0.05, 0.1) is 5.56 Å². The van der Waals surface area contributed by atoms with Gasteiger partial charge in [-0.15, -0.1) is 0 Å². The van der Waals surface area contributed by atoms with Crippen molar-refractivity contribution in [2.24, 2.45) is 5.10 Å². The van der Waals surface area contributed by atoms with Gasteiger partial charge in [-0.3, -0.25) is 14.6 Å². The van der Waals surface area contributed by atoms with Crippen molar-refractivity contribution < 1.29 is 9.59 Å². The van der Waals surface area contributed by atoms with Gasteiger partial charge in [-0.25, -0.2) is 5.43 Å². The van der Waals surface area contributed by atoms with Crippen molar-refractivity contribution in [3.8, 4) is 0 Å². The molecule has 0 unspecified atom stereocenters. The fraction of sp³-hybridized carbons (Fsp3) is 0. The quantitative estimate of drug-likeness (QED) is 0.444. The molecule has 25 heavy (non-hydrogen) atoms. The summed E-state index contributed by atoms with van der Waals surface area (Å²) in [6.07, 6.45) is 3.01. The van der Waals surface area contributed by atoms with Gasteiger partial charge in [-0.2, -0.15) is 5.10 Å². The van der Waals surface area contributed by atoms with Gasteiger partial charge in [0.15, 0.2) is 0 Å². The van der Waals surface area contributed by atoms with Gasteiger partial charge < -0.3 is 0 Å². The number of aromatic nitrogens is 1. The van der Waals surface area contributed by atoms with Crippen LogP contribution in [0.15, 0.2) is 90.3 Å². The van der Waals surface area contributed by atoms with Gasteiger partial charge in [-0.05, 0) is 12.1 Å². The first kappa shape index (κ1) is 16.3. The molecule has 0 atom stereocenters. The van der Waals surface area contributed by atoms with Gasteiger partial charge in [0, 0.05) is 23.5 Å². The van der Waals surface area contributed by atoms with Crippen molar-refractivity contribution in [3.05, 3.63) is 102 Å². The van der Waals surface area contributed by atoms with Crippen molar-refractivity contribution in [2.45, 2.75) is 0 Å². The lowest BCUT2D eigenvalue weighted by atomic mass is 10.0. The first-order valence-corrected chi connectivity index (χ1v) is 7.69. The molecule has 0 aliphatic heterocycles. The standard InChI is InChI=1S/C20H15N3O2/c24-19(16-10-5-2-6-11-16)18(15-8-3-1-4-9-15)22-23-20(25)17-12-7-13-21-14-17/h1-14H,(H,23,25)/b22-18+. The van der Waals surface area contributed by atoms with Crippen molar-refractivity contribution in [1.29, 1.82) is 0 Å². The minimum Gasteiger partial charge on any atom is -0.287 e. The molecule has 2 aromatic carbocycles. The Kier molecular flexibility index (Phi) is 5.07. The Labute approximate surface area is 145 Å². The summed E-state index contributed by atoms with van der Waals surface area (Å²) in [5, 5.41) is 4.09. The number of pyridine rings is 1. The second-order valence-electron chi connectivity index (χ2n) is 5.20. The highest BCUT2D eigenvalue weighted by Gasteiger charge is 2.17. The van der Waals surface area contributed by atoms with E-state index in [1.54, 1.807) is 54.7 Å². The lowest BCUT2D eigenvalue weighted by Gasteiger charge is -2.07. The molecular formula is C20H15N3O2. The zero-order chi connectivity index (χ0) is 17.5. The van der Waals surface area contributed by atoms with Gasteiger partial charge >= 0.3 is 0 Å². The van der Waals surface area contributed by atoms with Crippen LogP contribution in [0.3, 0.4) is 0 Å². The van der Waals surface area contributed by atoms with Crippen molar-refractivity contribution in [2.75, 3.05) is 0 Å². The van der Waals surface area contributed by atoms with Gasteiger partial charge in [0.1, 0.15) is 5.71 Å². The van der Waals surface area contributed by atoms with E-state index in [2.05, 4.69) is 15.5 Å². The molecule has 0 saturated heterocycles. The van der Waals surface area contributed by atoms with E-state index >= 15 is 0 Å². The topological polar surface area (TPSA) is 71.4 Å². The monoisotopic (exact) mass is 329 g/mol. The molecule has 0 aliphatic carbocycles. The van der Waals surface area contributed by atoms with E-state index in [1.807, 2.05) is 24.3 Å². The Hall–Kier alpha value is -3.60. The van der Waals surface area contributed by atoms with Crippen LogP contribution in [0.25, 0.3) is 0 Å². The third kappa shape index (κ3) is 4.03. The second-order valence-corrected chi connectivity index (χ2v) is 5.20. The molecule has 3 aromatic rings. The van der Waals surface area contributed by atoms with E-state index in [4.69, 9.17) is 0 Å². The number of nitrogens with zero attached hydrogens (tertiary/aromatic N) is 2. The zero-order valence-corrected chi connectivity index (χ0v) is 13.3. The third-order valence-electron chi connectivity index (χ3n) is 3.49. The van der Waals surface area contributed by atoms with Crippen molar-refractivity contribution >= 4 is 17.4 Å². The van der Waals surface area contributed by atoms with Crippen LogP contribution in [-0.2, 0) is 0 Å². The van der Waals surface area contributed by atoms with Crippen LogP contribution in [0, 0.1) is 0 Å². The third-order valence-corrected chi connectivity index (χ3v) is 3.49. The maximum Gasteiger partial charge on any atom is 0.272 e. The smallest absolute Gasteiger partial charge is 0.272 e. The molecule has 0 aliphatic rings. The molecule has 1 amide bonds. The molecule has 0 bridgehead atoms. The number of amides is 1. The molecule has 0 fully saturated rings. The van der Waals surface area contributed by atoms with Crippen molar-refractivity contribution in [1.82, 2.24) is 10.4 Å². The van der Waals surface area contributed by atoms with E-state index in [0.29, 0.717) is 16.7 Å². The lowest BCUT2D eigenvalue weighted by Crippen LogP contribution is -2.24. The van der Waals surface area contributed by atoms with E-state index in [0.717, 1.165) is 0 Å². The van der Waals surface area contributed by atoms with Gasteiger partial charge in [0.25, 0.3) is 5.91 Å². The Morgan fingerprint density at radius 1 is 0.760 bits per heavy atom. The van der Waals surface area contributed by atoms with Crippen LogP contribution in [0.1, 0.15) is 26.3 Å². The number of Topliss-reactive ketones (excluding diaryl/α,β-unsaturated/α-hetero) is 1. The first-order valence-electron chi connectivity index (χ1n) is 7.69. The van der Waals surface area contributed by atoms with E-state index in [1.165, 1.54) is 6.20 Å². The van der Waals surface area contributed by atoms with Crippen LogP contribution in [0.2, 0.25) is 0 Å². The molecule has 5 heteroatoms. The SMILES string of the molecule is O=C(N/N=C(/C(=O)c1ccccc1)c1ccccc1)c1cccnc1. The first-order chi connectivity index (χ1) is 12.3. The number of ketones is 1. The predicted octanol–water partition coefficient (Wildman–Crippen LogP) is 3.10. The fourth-order valence-electron chi connectivity index (χ4n) is 2.24. The molecule has 3 rings (SSSR count). The number of hydrogen-bond acceptors (Lipinski definition) is 4. The summed E-state index contributed by atoms with van der Waals surface area (Å²) < 4.78 is 0. The molecule has 0 saturated carbocycles. The molecule has 1 N–H and O–H groups in total. The van der Waals surface area contributed by atoms with Crippen LogP contribution in [-0.4, -0.2) is 22.4 Å². The maximum atomic E-state index is 12.8. The molecule has 1 heterocycles. The summed E-state index contributed by atoms with van der Waals surface area (Å²) in [6.45, 7) is 0. The average Bonchev–Trinajstić information content (AvgIpc) is 2.70. The minimum absolute atomic E-state index is 0.170. The molecule has 0 radical (unpaired) electrons.